The van der Waals surface area contributed by atoms with Crippen molar-refractivity contribution in [3.63, 3.8) is 0 Å². The maximum atomic E-state index is 11.9. The highest BCUT2D eigenvalue weighted by Crippen LogP contribution is 2.11. The Morgan fingerprint density at radius 1 is 1.53 bits per heavy atom. The largest absolute Gasteiger partial charge is 0.382 e. The number of amides is 2. The Labute approximate surface area is 103 Å². The molecule has 2 amide bonds. The number of carbonyl (C=O) groups is 1. The number of hydrogen-bond donors (Lipinski definition) is 1. The van der Waals surface area contributed by atoms with Gasteiger partial charge in [-0.05, 0) is 5.41 Å². The lowest BCUT2D eigenvalue weighted by Crippen LogP contribution is -2.51. The molecule has 1 aliphatic heterocycles. The van der Waals surface area contributed by atoms with Crippen LogP contribution < -0.4 is 5.32 Å². The molecule has 1 heterocycles. The molecule has 1 atom stereocenters. The van der Waals surface area contributed by atoms with Crippen LogP contribution in [0.4, 0.5) is 4.79 Å². The molecular formula is C12H24N2O3. The third kappa shape index (κ3) is 5.37. The van der Waals surface area contributed by atoms with Crippen LogP contribution in [0.5, 0.6) is 0 Å². The second-order valence-electron chi connectivity index (χ2n) is 5.61. The maximum Gasteiger partial charge on any atom is 0.317 e. The average molecular weight is 244 g/mol. The molecule has 100 valence electrons. The normalized spacial score (nSPS) is 21.4. The minimum absolute atomic E-state index is 0.00543. The van der Waals surface area contributed by atoms with Crippen LogP contribution in [0.2, 0.25) is 0 Å². The van der Waals surface area contributed by atoms with E-state index in [2.05, 4.69) is 26.1 Å². The zero-order valence-corrected chi connectivity index (χ0v) is 11.3. The summed E-state index contributed by atoms with van der Waals surface area (Å²) in [5, 5.41) is 2.95. The summed E-state index contributed by atoms with van der Waals surface area (Å²) in [6.07, 6.45) is -0.00543. The molecule has 0 aromatic heterocycles. The summed E-state index contributed by atoms with van der Waals surface area (Å²) in [4.78, 5) is 13.7. The predicted octanol–water partition coefficient (Wildman–Crippen LogP) is 1.09. The molecule has 0 aromatic carbocycles. The SMILES string of the molecule is COC[C@H]1CN(C(=O)NCC(C)(C)C)CCO1. The third-order valence-electron chi connectivity index (χ3n) is 2.55. The van der Waals surface area contributed by atoms with Crippen LogP contribution in [-0.4, -0.2) is 57.0 Å². The molecule has 0 aromatic rings. The van der Waals surface area contributed by atoms with Crippen LogP contribution >= 0.6 is 0 Å². The minimum Gasteiger partial charge on any atom is -0.382 e. The maximum absolute atomic E-state index is 11.9. The monoisotopic (exact) mass is 244 g/mol. The Balaban J connectivity index is 2.36. The van der Waals surface area contributed by atoms with Crippen LogP contribution in [0.15, 0.2) is 0 Å². The van der Waals surface area contributed by atoms with E-state index in [0.717, 1.165) is 0 Å². The van der Waals surface area contributed by atoms with Gasteiger partial charge >= 0.3 is 6.03 Å². The van der Waals surface area contributed by atoms with Crippen molar-refractivity contribution in [2.45, 2.75) is 26.9 Å². The molecular weight excluding hydrogens is 220 g/mol. The number of carbonyl (C=O) groups excluding carboxylic acids is 1. The minimum atomic E-state index is -0.00988. The summed E-state index contributed by atoms with van der Waals surface area (Å²) in [6, 6.07) is -0.00988. The summed E-state index contributed by atoms with van der Waals surface area (Å²) in [7, 11) is 1.64. The van der Waals surface area contributed by atoms with Gasteiger partial charge in [-0.3, -0.25) is 0 Å². The van der Waals surface area contributed by atoms with E-state index < -0.39 is 0 Å². The van der Waals surface area contributed by atoms with Crippen molar-refractivity contribution < 1.29 is 14.3 Å². The van der Waals surface area contributed by atoms with Gasteiger partial charge in [-0.1, -0.05) is 20.8 Å². The highest BCUT2D eigenvalue weighted by Gasteiger charge is 2.24. The van der Waals surface area contributed by atoms with Crippen LogP contribution in [0.3, 0.4) is 0 Å². The van der Waals surface area contributed by atoms with E-state index in [1.54, 1.807) is 12.0 Å². The molecule has 5 nitrogen and oxygen atoms in total. The molecule has 0 radical (unpaired) electrons. The predicted molar refractivity (Wildman–Crippen MR) is 66.0 cm³/mol. The third-order valence-corrected chi connectivity index (χ3v) is 2.55. The van der Waals surface area contributed by atoms with Crippen LogP contribution in [0, 0.1) is 5.41 Å². The molecule has 1 aliphatic rings. The van der Waals surface area contributed by atoms with Crippen molar-refractivity contribution in [3.05, 3.63) is 0 Å². The van der Waals surface area contributed by atoms with Crippen molar-refractivity contribution in [1.29, 1.82) is 0 Å². The number of hydrogen-bond acceptors (Lipinski definition) is 3. The second-order valence-corrected chi connectivity index (χ2v) is 5.61. The molecule has 0 aliphatic carbocycles. The van der Waals surface area contributed by atoms with E-state index in [9.17, 15) is 4.79 Å². The van der Waals surface area contributed by atoms with Gasteiger partial charge in [-0.15, -0.1) is 0 Å². The van der Waals surface area contributed by atoms with E-state index in [1.807, 2.05) is 0 Å². The molecule has 0 bridgehead atoms. The van der Waals surface area contributed by atoms with E-state index in [4.69, 9.17) is 9.47 Å². The van der Waals surface area contributed by atoms with Crippen LogP contribution in [0.25, 0.3) is 0 Å². The van der Waals surface area contributed by atoms with E-state index in [-0.39, 0.29) is 17.6 Å². The number of rotatable bonds is 3. The van der Waals surface area contributed by atoms with Crippen molar-refractivity contribution in [2.75, 3.05) is 40.0 Å². The Morgan fingerprint density at radius 2 is 2.24 bits per heavy atom. The number of urea groups is 1. The molecule has 1 N–H and O–H groups in total. The van der Waals surface area contributed by atoms with Gasteiger partial charge in [0.05, 0.1) is 25.9 Å². The highest BCUT2D eigenvalue weighted by molar-refractivity contribution is 5.74. The summed E-state index contributed by atoms with van der Waals surface area (Å²) in [5.74, 6) is 0. The highest BCUT2D eigenvalue weighted by atomic mass is 16.5. The van der Waals surface area contributed by atoms with Gasteiger partial charge in [0.1, 0.15) is 0 Å². The van der Waals surface area contributed by atoms with Crippen molar-refractivity contribution in [2.24, 2.45) is 5.41 Å². The Morgan fingerprint density at radius 3 is 2.82 bits per heavy atom. The molecule has 1 fully saturated rings. The van der Waals surface area contributed by atoms with Crippen molar-refractivity contribution in [1.82, 2.24) is 10.2 Å². The first-order valence-electron chi connectivity index (χ1n) is 6.06. The summed E-state index contributed by atoms with van der Waals surface area (Å²) >= 11 is 0. The lowest BCUT2D eigenvalue weighted by Gasteiger charge is -2.33. The van der Waals surface area contributed by atoms with Crippen molar-refractivity contribution in [3.8, 4) is 0 Å². The Hall–Kier alpha value is -0.810. The fourth-order valence-electron chi connectivity index (χ4n) is 1.64. The fourth-order valence-corrected chi connectivity index (χ4v) is 1.64. The second kappa shape index (κ2) is 6.21. The van der Waals surface area contributed by atoms with E-state index in [0.29, 0.717) is 32.8 Å². The number of nitrogens with one attached hydrogen (secondary N) is 1. The van der Waals surface area contributed by atoms with Crippen LogP contribution in [-0.2, 0) is 9.47 Å². The molecule has 17 heavy (non-hydrogen) atoms. The van der Waals surface area contributed by atoms with Crippen LogP contribution in [0.1, 0.15) is 20.8 Å². The summed E-state index contributed by atoms with van der Waals surface area (Å²) in [5.41, 5.74) is 0.105. The molecule has 5 heteroatoms. The van der Waals surface area contributed by atoms with Gasteiger partial charge in [0.15, 0.2) is 0 Å². The van der Waals surface area contributed by atoms with Gasteiger partial charge in [0.25, 0.3) is 0 Å². The lowest BCUT2D eigenvalue weighted by molar-refractivity contribution is -0.0495. The van der Waals surface area contributed by atoms with Gasteiger partial charge in [-0.2, -0.15) is 0 Å². The van der Waals surface area contributed by atoms with Gasteiger partial charge < -0.3 is 19.7 Å². The van der Waals surface area contributed by atoms with Gasteiger partial charge in [0.2, 0.25) is 0 Å². The number of nitrogens with zero attached hydrogens (tertiary/aromatic N) is 1. The topological polar surface area (TPSA) is 50.8 Å². The standard InChI is InChI=1S/C12H24N2O3/c1-12(2,3)9-13-11(15)14-5-6-17-10(7-14)8-16-4/h10H,5-9H2,1-4H3,(H,13,15)/t10-/m1/s1. The molecule has 0 unspecified atom stereocenters. The first-order chi connectivity index (χ1) is 7.92. The first kappa shape index (κ1) is 14.3. The van der Waals surface area contributed by atoms with Gasteiger partial charge in [0, 0.05) is 20.2 Å². The van der Waals surface area contributed by atoms with E-state index >= 15 is 0 Å². The average Bonchev–Trinajstić information content (AvgIpc) is 2.26. The first-order valence-corrected chi connectivity index (χ1v) is 6.06. The Kier molecular flexibility index (Phi) is 5.21. The van der Waals surface area contributed by atoms with E-state index in [1.165, 1.54) is 0 Å². The number of methoxy groups -OCH3 is 1. The molecule has 0 spiro atoms. The quantitative estimate of drug-likeness (QED) is 0.808. The lowest BCUT2D eigenvalue weighted by atomic mass is 9.97. The fraction of sp³-hybridized carbons (Fsp3) is 0.917. The summed E-state index contributed by atoms with van der Waals surface area (Å²) in [6.45, 7) is 9.33. The zero-order valence-electron chi connectivity index (χ0n) is 11.3. The number of morpholine rings is 1. The Bertz CT molecular complexity index is 249. The number of ether oxygens (including phenoxy) is 2. The summed E-state index contributed by atoms with van der Waals surface area (Å²) < 4.78 is 10.5. The zero-order chi connectivity index (χ0) is 12.9. The van der Waals surface area contributed by atoms with Crippen molar-refractivity contribution >= 4 is 6.03 Å². The molecule has 1 rings (SSSR count). The van der Waals surface area contributed by atoms with Gasteiger partial charge in [-0.25, -0.2) is 4.79 Å². The molecule has 1 saturated heterocycles. The molecule has 0 saturated carbocycles. The smallest absolute Gasteiger partial charge is 0.317 e.